The Labute approximate surface area is 306 Å². The van der Waals surface area contributed by atoms with Crippen LogP contribution in [0.3, 0.4) is 0 Å². The number of allylic oxidation sites excluding steroid dienone is 2. The molecule has 3 saturated carbocycles. The molecule has 3 aliphatic carbocycles. The highest BCUT2D eigenvalue weighted by molar-refractivity contribution is 7.63. The first-order chi connectivity index (χ1) is 23.6. The molecule has 7 rings (SSSR count). The van der Waals surface area contributed by atoms with Gasteiger partial charge in [0.15, 0.2) is 0 Å². The number of nitrogens with zero attached hydrogens (tertiary/aromatic N) is 2. The van der Waals surface area contributed by atoms with Crippen LogP contribution in [0.25, 0.3) is 6.08 Å². The molecule has 5 heteroatoms. The van der Waals surface area contributed by atoms with Gasteiger partial charge in [-0.2, -0.15) is 0 Å². The summed E-state index contributed by atoms with van der Waals surface area (Å²) < 4.78 is -0.534. The first-order valence-corrected chi connectivity index (χ1v) is 20.7. The van der Waals surface area contributed by atoms with Gasteiger partial charge in [-0.05, 0) is 119 Å². The minimum Gasteiger partial charge on any atom is -0.301 e. The van der Waals surface area contributed by atoms with E-state index < -0.39 is 12.5 Å². The first-order valence-electron chi connectivity index (χ1n) is 18.4. The molecule has 2 atom stereocenters. The molecular formula is C44H51Cl2N2P. The van der Waals surface area contributed by atoms with E-state index in [1.54, 1.807) is 0 Å². The summed E-state index contributed by atoms with van der Waals surface area (Å²) in [4.78, 5) is 4.82. The third-order valence-electron chi connectivity index (χ3n) is 11.3. The molecule has 2 nitrogen and oxygen atoms in total. The maximum absolute atomic E-state index is 8.38. The highest BCUT2D eigenvalue weighted by Gasteiger charge is 2.56. The predicted molar refractivity (Wildman–Crippen MR) is 215 cm³/mol. The lowest BCUT2D eigenvalue weighted by Gasteiger charge is -2.41. The van der Waals surface area contributed by atoms with Crippen molar-refractivity contribution in [3.8, 4) is 0 Å². The largest absolute Gasteiger partial charge is 0.301 e. The van der Waals surface area contributed by atoms with E-state index in [2.05, 4.69) is 130 Å². The van der Waals surface area contributed by atoms with Gasteiger partial charge in [0.2, 0.25) is 0 Å². The van der Waals surface area contributed by atoms with E-state index in [9.17, 15) is 0 Å². The fraction of sp³-hybridized carbons (Fsp3) is 0.432. The second-order valence-corrected chi connectivity index (χ2v) is 19.5. The zero-order valence-electron chi connectivity index (χ0n) is 30.1. The van der Waals surface area contributed by atoms with Crippen LogP contribution in [0.4, 0.5) is 11.4 Å². The second kappa shape index (κ2) is 14.1. The van der Waals surface area contributed by atoms with Gasteiger partial charge in [0.25, 0.3) is 0 Å². The molecule has 0 saturated heterocycles. The van der Waals surface area contributed by atoms with Crippen LogP contribution >= 0.6 is 31.1 Å². The van der Waals surface area contributed by atoms with Crippen molar-refractivity contribution in [1.29, 1.82) is 0 Å². The molecule has 3 aromatic carbocycles. The quantitative estimate of drug-likeness (QED) is 0.143. The maximum Gasteiger partial charge on any atom is 0.127 e. The Morgan fingerprint density at radius 2 is 1.16 bits per heavy atom. The fourth-order valence-electron chi connectivity index (χ4n) is 9.54. The average Bonchev–Trinajstić information content (AvgIpc) is 3.86. The first kappa shape index (κ1) is 34.7. The Morgan fingerprint density at radius 3 is 1.61 bits per heavy atom. The van der Waals surface area contributed by atoms with Crippen molar-refractivity contribution in [2.24, 2.45) is 0 Å². The van der Waals surface area contributed by atoms with Crippen LogP contribution in [-0.2, 0) is 0 Å². The van der Waals surface area contributed by atoms with E-state index in [4.69, 9.17) is 23.2 Å². The molecule has 1 aliphatic heterocycles. The summed E-state index contributed by atoms with van der Waals surface area (Å²) in [6.45, 7) is 13.3. The van der Waals surface area contributed by atoms with E-state index in [1.165, 1.54) is 96.1 Å². The summed E-state index contributed by atoms with van der Waals surface area (Å²) in [7, 11) is -0.534. The van der Waals surface area contributed by atoms with Gasteiger partial charge in [0, 0.05) is 23.5 Å². The molecule has 0 amide bonds. The number of anilines is 2. The van der Waals surface area contributed by atoms with Gasteiger partial charge in [-0.15, -0.1) is 28.9 Å². The monoisotopic (exact) mass is 708 g/mol. The number of rotatable bonds is 6. The summed E-state index contributed by atoms with van der Waals surface area (Å²) in [5.41, 5.74) is 18.7. The Bertz CT molecular complexity index is 1730. The van der Waals surface area contributed by atoms with E-state index in [0.717, 1.165) is 29.0 Å². The summed E-state index contributed by atoms with van der Waals surface area (Å²) >= 11 is 16.2. The molecular weight excluding hydrogens is 658 g/mol. The third-order valence-corrected chi connectivity index (χ3v) is 16.4. The van der Waals surface area contributed by atoms with E-state index >= 15 is 0 Å². The molecule has 2 unspecified atom stereocenters. The van der Waals surface area contributed by atoms with Crippen molar-refractivity contribution in [1.82, 2.24) is 0 Å². The minimum atomic E-state index is -0.534. The molecule has 49 heavy (non-hydrogen) atoms. The minimum absolute atomic E-state index is 0.242. The maximum atomic E-state index is 8.38. The molecule has 0 bridgehead atoms. The van der Waals surface area contributed by atoms with Gasteiger partial charge >= 0.3 is 0 Å². The topological polar surface area (TPSA) is 6.48 Å². The van der Waals surface area contributed by atoms with E-state index in [1.807, 2.05) is 0 Å². The summed E-state index contributed by atoms with van der Waals surface area (Å²) in [6, 6.07) is 19.8. The number of halogens is 2. The van der Waals surface area contributed by atoms with Gasteiger partial charge in [-0.3, -0.25) is 0 Å². The molecule has 0 spiro atoms. The predicted octanol–water partition coefficient (Wildman–Crippen LogP) is 13.1. The summed E-state index contributed by atoms with van der Waals surface area (Å²) in [5, 5.41) is -0.242. The lowest BCUT2D eigenvalue weighted by molar-refractivity contribution is 0.777. The Hall–Kier alpha value is -2.73. The molecule has 0 N–H and O–H groups in total. The number of alkyl halides is 2. The number of benzene rings is 3. The van der Waals surface area contributed by atoms with Crippen LogP contribution in [0, 0.1) is 41.5 Å². The van der Waals surface area contributed by atoms with Gasteiger partial charge < -0.3 is 9.80 Å². The number of aryl methyl sites for hydroxylation is 6. The lowest BCUT2D eigenvalue weighted by atomic mass is 10.0. The summed E-state index contributed by atoms with van der Waals surface area (Å²) in [5.74, 6) is 1.10. The second-order valence-electron chi connectivity index (χ2n) is 15.1. The van der Waals surface area contributed by atoms with Crippen LogP contribution in [0.1, 0.15) is 96.7 Å². The number of hydrogen-bond donors (Lipinski definition) is 0. The van der Waals surface area contributed by atoms with Crippen molar-refractivity contribution >= 4 is 48.6 Å². The van der Waals surface area contributed by atoms with Gasteiger partial charge in [0.1, 0.15) is 5.82 Å². The zero-order chi connectivity index (χ0) is 34.4. The van der Waals surface area contributed by atoms with Crippen LogP contribution in [0.15, 0.2) is 89.7 Å². The molecule has 1 heterocycles. The molecule has 0 radical (unpaired) electrons. The van der Waals surface area contributed by atoms with Crippen LogP contribution in [0.2, 0.25) is 0 Å². The standard InChI is InChI=1S/C44H51Cl2N2P/c1-29-24-31(3)41(32(4)25-29)47-22-23-48(42-33(5)26-30(2)27-34(42)6)43(47)40-38(21-20-35-14-8-7-9-15-35)44(46,28-39(40)45)49(36-16-10-11-17-36)37-18-12-13-19-37/h7-9,14-15,20,22-27,36-37,39H,10-13,16-19,28H2,1-6H3. The molecule has 256 valence electrons. The highest BCUT2D eigenvalue weighted by Crippen LogP contribution is 2.73. The van der Waals surface area contributed by atoms with Crippen LogP contribution in [0.5, 0.6) is 0 Å². The molecule has 4 aliphatic rings. The van der Waals surface area contributed by atoms with Crippen LogP contribution < -0.4 is 9.80 Å². The smallest absolute Gasteiger partial charge is 0.127 e. The summed E-state index contributed by atoms with van der Waals surface area (Å²) in [6.07, 6.45) is 17.9. The normalized spacial score (nSPS) is 23.1. The van der Waals surface area contributed by atoms with Crippen molar-refractivity contribution in [3.63, 3.8) is 0 Å². The van der Waals surface area contributed by atoms with E-state index in [-0.39, 0.29) is 5.38 Å². The highest BCUT2D eigenvalue weighted by atomic mass is 35.5. The molecule has 0 aromatic heterocycles. The van der Waals surface area contributed by atoms with Crippen molar-refractivity contribution < 1.29 is 0 Å². The Morgan fingerprint density at radius 1 is 0.714 bits per heavy atom. The SMILES string of the molecule is Cc1cc(C)c(N2C=CN(c3c(C)cc(C)cc3C)C2=C2C(=C=Cc3ccccc3)C(Cl)(P(C3CCCC3)C3CCCC3)CC2Cl)c(C)c1. The Balaban J connectivity index is 1.52. The Kier molecular flexibility index (Phi) is 10.0. The number of hydrogen-bond acceptors (Lipinski definition) is 2. The third kappa shape index (κ3) is 6.49. The molecule has 3 fully saturated rings. The molecule has 3 aromatic rings. The van der Waals surface area contributed by atoms with Gasteiger partial charge in [0.05, 0.1) is 21.4 Å². The fourth-order valence-corrected chi connectivity index (χ4v) is 15.7. The van der Waals surface area contributed by atoms with Gasteiger partial charge in [-0.1, -0.05) is 99.3 Å². The van der Waals surface area contributed by atoms with Gasteiger partial charge in [-0.25, -0.2) is 0 Å². The van der Waals surface area contributed by atoms with E-state index in [0.29, 0.717) is 11.3 Å². The van der Waals surface area contributed by atoms with Crippen molar-refractivity contribution in [2.45, 2.75) is 121 Å². The van der Waals surface area contributed by atoms with Crippen molar-refractivity contribution in [2.75, 3.05) is 9.80 Å². The van der Waals surface area contributed by atoms with Crippen LogP contribution in [-0.4, -0.2) is 21.3 Å². The zero-order valence-corrected chi connectivity index (χ0v) is 32.5. The van der Waals surface area contributed by atoms with Crippen molar-refractivity contribution in [3.05, 3.63) is 129 Å². The lowest BCUT2D eigenvalue weighted by Crippen LogP contribution is -2.30. The average molecular weight is 710 g/mol.